The van der Waals surface area contributed by atoms with Crippen LogP contribution in [0.1, 0.15) is 41.3 Å². The number of Topliss-reactive ketones (excluding diaryl/α,β-unsaturated/α-hetero) is 1. The van der Waals surface area contributed by atoms with Crippen molar-refractivity contribution in [3.8, 4) is 5.75 Å². The molecule has 0 fully saturated rings. The van der Waals surface area contributed by atoms with Gasteiger partial charge in [-0.1, -0.05) is 6.07 Å². The Morgan fingerprint density at radius 3 is 2.29 bits per heavy atom. The van der Waals surface area contributed by atoms with Gasteiger partial charge < -0.3 is 10.1 Å². The van der Waals surface area contributed by atoms with Gasteiger partial charge in [-0.25, -0.2) is 0 Å². The SMILES string of the molecule is CCOc1ccc(C(=O)CCC(=O)Nc2ccc(C)c(C)c2)cc1. The Morgan fingerprint density at radius 1 is 0.958 bits per heavy atom. The van der Waals surface area contributed by atoms with Gasteiger partial charge in [0.2, 0.25) is 5.91 Å². The largest absolute Gasteiger partial charge is 0.494 e. The van der Waals surface area contributed by atoms with Gasteiger partial charge in [-0.3, -0.25) is 9.59 Å². The molecule has 1 N–H and O–H groups in total. The number of carbonyl (C=O) groups is 2. The Morgan fingerprint density at radius 2 is 1.67 bits per heavy atom. The second-order valence-corrected chi connectivity index (χ2v) is 5.73. The molecule has 0 saturated carbocycles. The fourth-order valence-corrected chi connectivity index (χ4v) is 2.32. The number of hydrogen-bond donors (Lipinski definition) is 1. The van der Waals surface area contributed by atoms with Gasteiger partial charge in [0.15, 0.2) is 5.78 Å². The van der Waals surface area contributed by atoms with Crippen molar-refractivity contribution in [2.24, 2.45) is 0 Å². The molecule has 2 aromatic rings. The van der Waals surface area contributed by atoms with Crippen LogP contribution in [0.25, 0.3) is 0 Å². The van der Waals surface area contributed by atoms with Crippen LogP contribution in [0.15, 0.2) is 42.5 Å². The average molecular weight is 325 g/mol. The third kappa shape index (κ3) is 4.95. The minimum absolute atomic E-state index is 0.0479. The van der Waals surface area contributed by atoms with E-state index in [1.165, 1.54) is 5.56 Å². The Labute approximate surface area is 142 Å². The molecule has 4 heteroatoms. The second-order valence-electron chi connectivity index (χ2n) is 5.73. The minimum atomic E-state index is -0.155. The molecule has 4 nitrogen and oxygen atoms in total. The summed E-state index contributed by atoms with van der Waals surface area (Å²) in [6, 6.07) is 12.8. The number of ether oxygens (including phenoxy) is 1. The molecule has 0 aliphatic carbocycles. The number of aryl methyl sites for hydroxylation is 2. The summed E-state index contributed by atoms with van der Waals surface area (Å²) < 4.78 is 5.35. The second kappa shape index (κ2) is 8.29. The first kappa shape index (κ1) is 17.7. The fraction of sp³-hybridized carbons (Fsp3) is 0.300. The van der Waals surface area contributed by atoms with Crippen LogP contribution in [0.3, 0.4) is 0 Å². The summed E-state index contributed by atoms with van der Waals surface area (Å²) in [5.41, 5.74) is 3.66. The van der Waals surface area contributed by atoms with Crippen molar-refractivity contribution in [2.45, 2.75) is 33.6 Å². The number of benzene rings is 2. The summed E-state index contributed by atoms with van der Waals surface area (Å²) in [5.74, 6) is 0.535. The quantitative estimate of drug-likeness (QED) is 0.772. The summed E-state index contributed by atoms with van der Waals surface area (Å²) in [4.78, 5) is 24.1. The number of anilines is 1. The van der Waals surface area contributed by atoms with Crippen LogP contribution in [0.2, 0.25) is 0 Å². The van der Waals surface area contributed by atoms with E-state index in [1.54, 1.807) is 24.3 Å². The minimum Gasteiger partial charge on any atom is -0.494 e. The van der Waals surface area contributed by atoms with Crippen LogP contribution in [-0.4, -0.2) is 18.3 Å². The Balaban J connectivity index is 1.86. The smallest absolute Gasteiger partial charge is 0.224 e. The van der Waals surface area contributed by atoms with E-state index in [9.17, 15) is 9.59 Å². The number of amides is 1. The molecule has 0 atom stereocenters. The monoisotopic (exact) mass is 325 g/mol. The predicted octanol–water partition coefficient (Wildman–Crippen LogP) is 4.30. The molecular formula is C20H23NO3. The Hall–Kier alpha value is -2.62. The Kier molecular flexibility index (Phi) is 6.13. The van der Waals surface area contributed by atoms with Gasteiger partial charge in [-0.15, -0.1) is 0 Å². The molecule has 126 valence electrons. The highest BCUT2D eigenvalue weighted by atomic mass is 16.5. The topological polar surface area (TPSA) is 55.4 Å². The van der Waals surface area contributed by atoms with Crippen molar-refractivity contribution < 1.29 is 14.3 Å². The molecule has 0 spiro atoms. The zero-order valence-electron chi connectivity index (χ0n) is 14.4. The first-order valence-electron chi connectivity index (χ1n) is 8.12. The van der Waals surface area contributed by atoms with E-state index in [0.717, 1.165) is 17.0 Å². The van der Waals surface area contributed by atoms with Crippen molar-refractivity contribution >= 4 is 17.4 Å². The maximum absolute atomic E-state index is 12.1. The van der Waals surface area contributed by atoms with E-state index in [-0.39, 0.29) is 24.5 Å². The summed E-state index contributed by atoms with van der Waals surface area (Å²) >= 11 is 0. The summed E-state index contributed by atoms with van der Waals surface area (Å²) in [7, 11) is 0. The number of hydrogen-bond acceptors (Lipinski definition) is 3. The number of rotatable bonds is 7. The zero-order chi connectivity index (χ0) is 17.5. The molecule has 0 aliphatic rings. The number of nitrogens with one attached hydrogen (secondary N) is 1. The van der Waals surface area contributed by atoms with Gasteiger partial charge in [0.1, 0.15) is 5.75 Å². The van der Waals surface area contributed by atoms with Gasteiger partial charge in [0.05, 0.1) is 6.61 Å². The van der Waals surface area contributed by atoms with Crippen LogP contribution in [-0.2, 0) is 4.79 Å². The number of carbonyl (C=O) groups excluding carboxylic acids is 2. The lowest BCUT2D eigenvalue weighted by atomic mass is 10.1. The first-order valence-corrected chi connectivity index (χ1v) is 8.12. The molecular weight excluding hydrogens is 302 g/mol. The molecule has 0 aromatic heterocycles. The van der Waals surface area contributed by atoms with Crippen molar-refractivity contribution in [3.63, 3.8) is 0 Å². The molecule has 0 radical (unpaired) electrons. The molecule has 0 bridgehead atoms. The normalized spacial score (nSPS) is 10.3. The van der Waals surface area contributed by atoms with Gasteiger partial charge in [-0.2, -0.15) is 0 Å². The summed E-state index contributed by atoms with van der Waals surface area (Å²) in [5, 5.41) is 2.83. The van der Waals surface area contributed by atoms with Crippen molar-refractivity contribution in [1.29, 1.82) is 0 Å². The van der Waals surface area contributed by atoms with Crippen molar-refractivity contribution in [1.82, 2.24) is 0 Å². The van der Waals surface area contributed by atoms with Crippen LogP contribution >= 0.6 is 0 Å². The molecule has 0 saturated heterocycles. The maximum atomic E-state index is 12.1. The predicted molar refractivity (Wildman–Crippen MR) is 95.7 cm³/mol. The third-order valence-electron chi connectivity index (χ3n) is 3.86. The molecule has 2 rings (SSSR count). The molecule has 0 heterocycles. The van der Waals surface area contributed by atoms with Gasteiger partial charge in [-0.05, 0) is 68.3 Å². The van der Waals surface area contributed by atoms with E-state index in [4.69, 9.17) is 4.74 Å². The standard InChI is InChI=1S/C20H23NO3/c1-4-24-18-9-6-16(7-10-18)19(22)11-12-20(23)21-17-8-5-14(2)15(3)13-17/h5-10,13H,4,11-12H2,1-3H3,(H,21,23). The van der Waals surface area contributed by atoms with E-state index >= 15 is 0 Å². The highest BCUT2D eigenvalue weighted by molar-refractivity contribution is 6.00. The summed E-state index contributed by atoms with van der Waals surface area (Å²) in [6.07, 6.45) is 0.351. The zero-order valence-corrected chi connectivity index (χ0v) is 14.4. The van der Waals surface area contributed by atoms with E-state index < -0.39 is 0 Å². The molecule has 1 amide bonds. The lowest BCUT2D eigenvalue weighted by molar-refractivity contribution is -0.116. The molecule has 0 unspecified atom stereocenters. The lowest BCUT2D eigenvalue weighted by Gasteiger charge is -2.08. The molecule has 0 aliphatic heterocycles. The Bertz CT molecular complexity index is 720. The van der Waals surface area contributed by atoms with Gasteiger partial charge >= 0.3 is 0 Å². The van der Waals surface area contributed by atoms with E-state index in [2.05, 4.69) is 5.32 Å². The van der Waals surface area contributed by atoms with Crippen LogP contribution in [0.4, 0.5) is 5.69 Å². The summed E-state index contributed by atoms with van der Waals surface area (Å²) in [6.45, 7) is 6.52. The lowest BCUT2D eigenvalue weighted by Crippen LogP contribution is -2.13. The first-order chi connectivity index (χ1) is 11.5. The van der Waals surface area contributed by atoms with Crippen molar-refractivity contribution in [3.05, 3.63) is 59.2 Å². The molecule has 24 heavy (non-hydrogen) atoms. The van der Waals surface area contributed by atoms with E-state index in [0.29, 0.717) is 12.2 Å². The van der Waals surface area contributed by atoms with Gasteiger partial charge in [0.25, 0.3) is 0 Å². The number of ketones is 1. The third-order valence-corrected chi connectivity index (χ3v) is 3.86. The van der Waals surface area contributed by atoms with Crippen LogP contribution in [0, 0.1) is 13.8 Å². The van der Waals surface area contributed by atoms with Crippen molar-refractivity contribution in [2.75, 3.05) is 11.9 Å². The maximum Gasteiger partial charge on any atom is 0.224 e. The average Bonchev–Trinajstić information content (AvgIpc) is 2.57. The molecule has 2 aromatic carbocycles. The fourth-order valence-electron chi connectivity index (χ4n) is 2.32. The highest BCUT2D eigenvalue weighted by Crippen LogP contribution is 2.16. The van der Waals surface area contributed by atoms with Crippen LogP contribution < -0.4 is 10.1 Å². The van der Waals surface area contributed by atoms with Gasteiger partial charge in [0, 0.05) is 24.1 Å². The highest BCUT2D eigenvalue weighted by Gasteiger charge is 2.10. The van der Waals surface area contributed by atoms with E-state index in [1.807, 2.05) is 39.0 Å². The van der Waals surface area contributed by atoms with Crippen LogP contribution in [0.5, 0.6) is 5.75 Å².